The molecule has 1 fully saturated rings. The number of nitrogens with one attached hydrogen (secondary N) is 1. The third-order valence-electron chi connectivity index (χ3n) is 3.15. The van der Waals surface area contributed by atoms with E-state index in [9.17, 15) is 0 Å². The van der Waals surface area contributed by atoms with E-state index in [2.05, 4.69) is 29.6 Å². The molecule has 3 rings (SSSR count). The third kappa shape index (κ3) is 0.960. The highest BCUT2D eigenvalue weighted by Crippen LogP contribution is 2.37. The maximum atomic E-state index is 5.59. The highest BCUT2D eigenvalue weighted by atomic mass is 16.5. The Balaban J connectivity index is 2.11. The van der Waals surface area contributed by atoms with Crippen molar-refractivity contribution in [1.82, 2.24) is 5.32 Å². The molecule has 2 heteroatoms. The number of hydrogen-bond acceptors (Lipinski definition) is 2. The normalized spacial score (nSPS) is 31.1. The van der Waals surface area contributed by atoms with Gasteiger partial charge in [-0.2, -0.15) is 0 Å². The van der Waals surface area contributed by atoms with E-state index in [-0.39, 0.29) is 5.54 Å². The minimum atomic E-state index is 0.162. The molecular weight excluding hydrogens is 162 g/mol. The summed E-state index contributed by atoms with van der Waals surface area (Å²) in [6, 6.07) is 8.59. The van der Waals surface area contributed by atoms with Gasteiger partial charge in [-0.15, -0.1) is 0 Å². The van der Waals surface area contributed by atoms with Gasteiger partial charge in [-0.05, 0) is 24.1 Å². The summed E-state index contributed by atoms with van der Waals surface area (Å²) in [7, 11) is 0. The lowest BCUT2D eigenvalue weighted by Crippen LogP contribution is -2.58. The van der Waals surface area contributed by atoms with E-state index >= 15 is 0 Å². The summed E-state index contributed by atoms with van der Waals surface area (Å²) in [5, 5.41) is 3.49. The predicted molar refractivity (Wildman–Crippen MR) is 50.4 cm³/mol. The first-order chi connectivity index (χ1) is 6.41. The van der Waals surface area contributed by atoms with Gasteiger partial charge in [-0.1, -0.05) is 24.3 Å². The minimum Gasteiger partial charge on any atom is -0.374 e. The first kappa shape index (κ1) is 7.54. The fraction of sp³-hybridized carbons (Fsp3) is 0.455. The maximum Gasteiger partial charge on any atom is 0.0721 e. The predicted octanol–water partition coefficient (Wildman–Crippen LogP) is 1.41. The molecule has 2 aliphatic heterocycles. The lowest BCUT2D eigenvalue weighted by Gasteiger charge is -2.46. The first-order valence-electron chi connectivity index (χ1n) is 4.82. The van der Waals surface area contributed by atoms with Crippen molar-refractivity contribution < 1.29 is 4.74 Å². The molecule has 0 bridgehead atoms. The monoisotopic (exact) mass is 175 g/mol. The number of rotatable bonds is 0. The zero-order valence-corrected chi connectivity index (χ0v) is 7.55. The van der Waals surface area contributed by atoms with Crippen LogP contribution in [0.1, 0.15) is 17.5 Å². The second-order valence-corrected chi connectivity index (χ2v) is 3.91. The minimum absolute atomic E-state index is 0.162. The van der Waals surface area contributed by atoms with E-state index in [1.165, 1.54) is 17.5 Å². The van der Waals surface area contributed by atoms with Crippen LogP contribution in [0.4, 0.5) is 0 Å². The molecule has 1 atom stereocenters. The molecular formula is C11H13NO. The van der Waals surface area contributed by atoms with E-state index < -0.39 is 0 Å². The molecule has 1 aromatic rings. The molecule has 0 saturated carbocycles. The molecule has 2 nitrogen and oxygen atoms in total. The van der Waals surface area contributed by atoms with E-state index in [0.717, 1.165) is 19.8 Å². The van der Waals surface area contributed by atoms with Crippen molar-refractivity contribution in [2.45, 2.75) is 18.6 Å². The van der Waals surface area contributed by atoms with Gasteiger partial charge in [0.2, 0.25) is 0 Å². The molecule has 0 aromatic heterocycles. The van der Waals surface area contributed by atoms with Gasteiger partial charge in [0.1, 0.15) is 0 Å². The summed E-state index contributed by atoms with van der Waals surface area (Å²) in [6.07, 6.45) is 1.21. The Morgan fingerprint density at radius 3 is 2.92 bits per heavy atom. The van der Waals surface area contributed by atoms with E-state index in [1.54, 1.807) is 0 Å². The Morgan fingerprint density at radius 2 is 2.15 bits per heavy atom. The Kier molecular flexibility index (Phi) is 1.49. The Morgan fingerprint density at radius 1 is 1.31 bits per heavy atom. The van der Waals surface area contributed by atoms with Gasteiger partial charge in [-0.25, -0.2) is 0 Å². The second-order valence-electron chi connectivity index (χ2n) is 3.91. The van der Waals surface area contributed by atoms with E-state index in [0.29, 0.717) is 0 Å². The summed E-state index contributed by atoms with van der Waals surface area (Å²) in [5.41, 5.74) is 2.96. The molecule has 0 radical (unpaired) electrons. The van der Waals surface area contributed by atoms with Crippen LogP contribution in [0.3, 0.4) is 0 Å². The molecule has 1 saturated heterocycles. The number of benzene rings is 1. The molecule has 1 unspecified atom stereocenters. The lowest BCUT2D eigenvalue weighted by molar-refractivity contribution is 0.00416. The Hall–Kier alpha value is -0.860. The van der Waals surface area contributed by atoms with E-state index in [1.807, 2.05) is 0 Å². The molecule has 2 heterocycles. The third-order valence-corrected chi connectivity index (χ3v) is 3.15. The fourth-order valence-electron chi connectivity index (χ4n) is 2.31. The van der Waals surface area contributed by atoms with Crippen molar-refractivity contribution in [3.8, 4) is 0 Å². The summed E-state index contributed by atoms with van der Waals surface area (Å²) in [5.74, 6) is 0. The molecule has 13 heavy (non-hydrogen) atoms. The molecule has 0 aliphatic carbocycles. The van der Waals surface area contributed by atoms with Gasteiger partial charge in [0.25, 0.3) is 0 Å². The van der Waals surface area contributed by atoms with Crippen molar-refractivity contribution in [3.63, 3.8) is 0 Å². The molecule has 68 valence electrons. The van der Waals surface area contributed by atoms with Crippen molar-refractivity contribution in [2.24, 2.45) is 0 Å². The van der Waals surface area contributed by atoms with Crippen molar-refractivity contribution in [2.75, 3.05) is 13.2 Å². The SMILES string of the molecule is c1ccc2c(c1)COCC21CCN1. The Bertz CT molecular complexity index is 331. The molecule has 0 amide bonds. The average Bonchev–Trinajstić information content (AvgIpc) is 2.14. The van der Waals surface area contributed by atoms with Gasteiger partial charge in [0, 0.05) is 0 Å². The summed E-state index contributed by atoms with van der Waals surface area (Å²) >= 11 is 0. The van der Waals surface area contributed by atoms with Gasteiger partial charge >= 0.3 is 0 Å². The molecule has 1 aromatic carbocycles. The second kappa shape index (κ2) is 2.56. The molecule has 1 N–H and O–H groups in total. The van der Waals surface area contributed by atoms with Gasteiger partial charge in [-0.3, -0.25) is 0 Å². The van der Waals surface area contributed by atoms with Crippen molar-refractivity contribution in [3.05, 3.63) is 35.4 Å². The van der Waals surface area contributed by atoms with Crippen LogP contribution in [0.2, 0.25) is 0 Å². The highest BCUT2D eigenvalue weighted by Gasteiger charge is 2.41. The fourth-order valence-corrected chi connectivity index (χ4v) is 2.31. The molecule has 1 spiro atoms. The first-order valence-corrected chi connectivity index (χ1v) is 4.82. The molecule has 2 aliphatic rings. The van der Waals surface area contributed by atoms with Gasteiger partial charge in [0.15, 0.2) is 0 Å². The van der Waals surface area contributed by atoms with Crippen LogP contribution in [0.15, 0.2) is 24.3 Å². The average molecular weight is 175 g/mol. The topological polar surface area (TPSA) is 21.3 Å². The highest BCUT2D eigenvalue weighted by molar-refractivity contribution is 5.36. The maximum absolute atomic E-state index is 5.59. The smallest absolute Gasteiger partial charge is 0.0721 e. The summed E-state index contributed by atoms with van der Waals surface area (Å²) < 4.78 is 5.59. The standard InChI is InChI=1S/C11H13NO/c1-2-4-10-9(3-1)7-13-8-11(10)5-6-12-11/h1-4,12H,5-8H2. The summed E-state index contributed by atoms with van der Waals surface area (Å²) in [6.45, 7) is 2.74. The van der Waals surface area contributed by atoms with Gasteiger partial charge in [0.05, 0.1) is 18.8 Å². The quantitative estimate of drug-likeness (QED) is 0.643. The lowest BCUT2D eigenvalue weighted by atomic mass is 9.78. The van der Waals surface area contributed by atoms with Crippen molar-refractivity contribution >= 4 is 0 Å². The van der Waals surface area contributed by atoms with E-state index in [4.69, 9.17) is 4.74 Å². The zero-order valence-electron chi connectivity index (χ0n) is 7.55. The number of ether oxygens (including phenoxy) is 1. The largest absolute Gasteiger partial charge is 0.374 e. The van der Waals surface area contributed by atoms with Crippen LogP contribution in [0, 0.1) is 0 Å². The summed E-state index contributed by atoms with van der Waals surface area (Å²) in [4.78, 5) is 0. The zero-order chi connectivity index (χ0) is 8.73. The Labute approximate surface area is 77.9 Å². The van der Waals surface area contributed by atoms with Crippen LogP contribution in [0.25, 0.3) is 0 Å². The van der Waals surface area contributed by atoms with Crippen molar-refractivity contribution in [1.29, 1.82) is 0 Å². The van der Waals surface area contributed by atoms with Crippen LogP contribution in [-0.4, -0.2) is 13.2 Å². The van der Waals surface area contributed by atoms with Crippen LogP contribution < -0.4 is 5.32 Å². The number of fused-ring (bicyclic) bond motifs is 2. The van der Waals surface area contributed by atoms with Crippen LogP contribution >= 0.6 is 0 Å². The van der Waals surface area contributed by atoms with Gasteiger partial charge < -0.3 is 10.1 Å². The number of hydrogen-bond donors (Lipinski definition) is 1. The van der Waals surface area contributed by atoms with Crippen LogP contribution in [-0.2, 0) is 16.9 Å². The van der Waals surface area contributed by atoms with Crippen LogP contribution in [0.5, 0.6) is 0 Å².